The van der Waals surface area contributed by atoms with Gasteiger partial charge in [0.2, 0.25) is 5.91 Å². The third-order valence-electron chi connectivity index (χ3n) is 4.97. The molecule has 0 fully saturated rings. The average Bonchev–Trinajstić information content (AvgIpc) is 3.06. The molecule has 0 bridgehead atoms. The van der Waals surface area contributed by atoms with E-state index in [2.05, 4.69) is 20.3 Å². The molecule has 7 heteroatoms. The van der Waals surface area contributed by atoms with Crippen LogP contribution in [0.3, 0.4) is 0 Å². The highest BCUT2D eigenvalue weighted by Crippen LogP contribution is 2.33. The van der Waals surface area contributed by atoms with E-state index in [4.69, 9.17) is 0 Å². The fourth-order valence-electron chi connectivity index (χ4n) is 3.58. The number of nitrogens with one attached hydrogen (secondary N) is 2. The predicted octanol–water partition coefficient (Wildman–Crippen LogP) is 3.07. The number of fused-ring (bicyclic) bond motifs is 3. The van der Waals surface area contributed by atoms with Crippen LogP contribution in [0.25, 0.3) is 10.2 Å². The fourth-order valence-corrected chi connectivity index (χ4v) is 4.86. The van der Waals surface area contributed by atoms with E-state index in [1.807, 2.05) is 25.1 Å². The molecule has 0 radical (unpaired) electrons. The van der Waals surface area contributed by atoms with Crippen molar-refractivity contribution in [3.05, 3.63) is 56.7 Å². The monoisotopic (exact) mass is 382 g/mol. The van der Waals surface area contributed by atoms with E-state index in [-0.39, 0.29) is 23.9 Å². The largest absolute Gasteiger partial charge is 0.348 e. The molecule has 0 spiro atoms. The smallest absolute Gasteiger partial charge is 0.259 e. The first-order chi connectivity index (χ1) is 13.1. The topological polar surface area (TPSA) is 87.7 Å². The number of pyridine rings is 1. The van der Waals surface area contributed by atoms with E-state index in [0.717, 1.165) is 35.2 Å². The first-order valence-electron chi connectivity index (χ1n) is 9.35. The maximum absolute atomic E-state index is 12.5. The number of carbonyl (C=O) groups excluding carboxylic acids is 1. The van der Waals surface area contributed by atoms with Crippen LogP contribution in [0.15, 0.2) is 29.2 Å². The molecule has 3 aromatic heterocycles. The summed E-state index contributed by atoms with van der Waals surface area (Å²) in [6, 6.07) is 5.47. The minimum absolute atomic E-state index is 0.0725. The maximum atomic E-state index is 12.5. The zero-order chi connectivity index (χ0) is 18.8. The van der Waals surface area contributed by atoms with Gasteiger partial charge < -0.3 is 10.3 Å². The Labute approximate surface area is 161 Å². The molecule has 0 saturated heterocycles. The number of nitrogens with zero attached hydrogens (tertiary/aromatic N) is 2. The van der Waals surface area contributed by atoms with Crippen molar-refractivity contribution in [3.8, 4) is 0 Å². The van der Waals surface area contributed by atoms with Crippen LogP contribution in [0.2, 0.25) is 0 Å². The van der Waals surface area contributed by atoms with Crippen LogP contribution in [-0.4, -0.2) is 20.9 Å². The summed E-state index contributed by atoms with van der Waals surface area (Å²) in [5.74, 6) is 0.494. The highest BCUT2D eigenvalue weighted by molar-refractivity contribution is 7.18. The Hall–Kier alpha value is -2.54. The summed E-state index contributed by atoms with van der Waals surface area (Å²) in [6.07, 6.45) is 6.72. The number of H-pyrrole nitrogens is 1. The molecule has 0 aromatic carbocycles. The summed E-state index contributed by atoms with van der Waals surface area (Å²) in [4.78, 5) is 38.7. The van der Waals surface area contributed by atoms with Crippen molar-refractivity contribution in [2.24, 2.45) is 0 Å². The third kappa shape index (κ3) is 3.78. The quantitative estimate of drug-likeness (QED) is 0.710. The lowest BCUT2D eigenvalue weighted by Gasteiger charge is -2.13. The molecule has 140 valence electrons. The first kappa shape index (κ1) is 17.9. The summed E-state index contributed by atoms with van der Waals surface area (Å²) in [5.41, 5.74) is 1.93. The zero-order valence-electron chi connectivity index (χ0n) is 15.2. The Morgan fingerprint density at radius 3 is 3.00 bits per heavy atom. The standard InChI is InChI=1S/C20H22N4O2S/c1-12(14-7-4-5-11-21-14)22-17(25)10-9-16-23-19(26)18-13-6-2-3-8-15(13)27-20(18)24-16/h4-5,7,11-12H,2-3,6,8-10H2,1H3,(H,22,25)(H,23,24,26). The number of rotatable bonds is 5. The van der Waals surface area contributed by atoms with Crippen molar-refractivity contribution in [1.82, 2.24) is 20.3 Å². The van der Waals surface area contributed by atoms with E-state index in [9.17, 15) is 9.59 Å². The summed E-state index contributed by atoms with van der Waals surface area (Å²) in [6.45, 7) is 1.91. The van der Waals surface area contributed by atoms with Gasteiger partial charge in [-0.1, -0.05) is 6.07 Å². The number of hydrogen-bond donors (Lipinski definition) is 2. The summed E-state index contributed by atoms with van der Waals surface area (Å²) in [5, 5.41) is 3.70. The summed E-state index contributed by atoms with van der Waals surface area (Å²) < 4.78 is 0. The molecule has 3 aromatic rings. The Balaban J connectivity index is 1.44. The van der Waals surface area contributed by atoms with Gasteiger partial charge in [0.1, 0.15) is 10.7 Å². The second-order valence-corrected chi connectivity index (χ2v) is 8.03. The normalized spacial score (nSPS) is 14.7. The number of hydrogen-bond acceptors (Lipinski definition) is 5. The molecule has 1 unspecified atom stereocenters. The lowest BCUT2D eigenvalue weighted by molar-refractivity contribution is -0.121. The zero-order valence-corrected chi connectivity index (χ0v) is 16.1. The molecular weight excluding hydrogens is 360 g/mol. The number of aromatic amines is 1. The SMILES string of the molecule is CC(NC(=O)CCc1nc2sc3c(c2c(=O)[nH]1)CCCC3)c1ccccn1. The first-order valence-corrected chi connectivity index (χ1v) is 10.2. The van der Waals surface area contributed by atoms with Gasteiger partial charge in [0.05, 0.1) is 17.1 Å². The molecule has 1 amide bonds. The van der Waals surface area contributed by atoms with Gasteiger partial charge in [-0.15, -0.1) is 11.3 Å². The van der Waals surface area contributed by atoms with Crippen LogP contribution < -0.4 is 10.9 Å². The van der Waals surface area contributed by atoms with Gasteiger partial charge in [-0.3, -0.25) is 14.6 Å². The number of aromatic nitrogens is 3. The van der Waals surface area contributed by atoms with E-state index >= 15 is 0 Å². The van der Waals surface area contributed by atoms with Gasteiger partial charge in [-0.25, -0.2) is 4.98 Å². The van der Waals surface area contributed by atoms with E-state index in [0.29, 0.717) is 12.2 Å². The molecule has 4 rings (SSSR count). The minimum atomic E-state index is -0.155. The van der Waals surface area contributed by atoms with Gasteiger partial charge in [-0.2, -0.15) is 0 Å². The molecule has 0 saturated carbocycles. The third-order valence-corrected chi connectivity index (χ3v) is 6.16. The maximum Gasteiger partial charge on any atom is 0.259 e. The van der Waals surface area contributed by atoms with Crippen molar-refractivity contribution < 1.29 is 4.79 Å². The van der Waals surface area contributed by atoms with E-state index in [1.54, 1.807) is 17.5 Å². The molecule has 1 aliphatic carbocycles. The number of aryl methyl sites for hydroxylation is 3. The van der Waals surface area contributed by atoms with Crippen LogP contribution in [0.4, 0.5) is 0 Å². The lowest BCUT2D eigenvalue weighted by atomic mass is 9.97. The fraction of sp³-hybridized carbons (Fsp3) is 0.400. The number of thiophene rings is 1. The predicted molar refractivity (Wildman–Crippen MR) is 106 cm³/mol. The lowest BCUT2D eigenvalue weighted by Crippen LogP contribution is -2.27. The molecule has 0 aliphatic heterocycles. The summed E-state index contributed by atoms with van der Waals surface area (Å²) >= 11 is 1.63. The van der Waals surface area contributed by atoms with E-state index in [1.165, 1.54) is 16.9 Å². The van der Waals surface area contributed by atoms with Crippen molar-refractivity contribution in [2.75, 3.05) is 0 Å². The second kappa shape index (κ2) is 7.60. The molecule has 1 aliphatic rings. The highest BCUT2D eigenvalue weighted by atomic mass is 32.1. The number of amides is 1. The Morgan fingerprint density at radius 2 is 2.19 bits per heavy atom. The highest BCUT2D eigenvalue weighted by Gasteiger charge is 2.20. The Morgan fingerprint density at radius 1 is 1.33 bits per heavy atom. The van der Waals surface area contributed by atoms with Crippen molar-refractivity contribution in [3.63, 3.8) is 0 Å². The molecule has 2 N–H and O–H groups in total. The van der Waals surface area contributed by atoms with Crippen molar-refractivity contribution in [1.29, 1.82) is 0 Å². The van der Waals surface area contributed by atoms with Gasteiger partial charge in [-0.05, 0) is 50.3 Å². The second-order valence-electron chi connectivity index (χ2n) is 6.95. The van der Waals surface area contributed by atoms with Gasteiger partial charge in [0, 0.05) is 23.9 Å². The number of carbonyl (C=O) groups is 1. The molecule has 6 nitrogen and oxygen atoms in total. The molecule has 3 heterocycles. The Bertz CT molecular complexity index is 1030. The van der Waals surface area contributed by atoms with Crippen LogP contribution >= 0.6 is 11.3 Å². The van der Waals surface area contributed by atoms with Crippen LogP contribution in [0.1, 0.15) is 54.2 Å². The van der Waals surface area contributed by atoms with Crippen LogP contribution in [-0.2, 0) is 24.1 Å². The van der Waals surface area contributed by atoms with E-state index < -0.39 is 0 Å². The molecule has 27 heavy (non-hydrogen) atoms. The van der Waals surface area contributed by atoms with Gasteiger partial charge >= 0.3 is 0 Å². The van der Waals surface area contributed by atoms with Gasteiger partial charge in [0.25, 0.3) is 5.56 Å². The summed E-state index contributed by atoms with van der Waals surface area (Å²) in [7, 11) is 0. The van der Waals surface area contributed by atoms with Crippen LogP contribution in [0, 0.1) is 0 Å². The van der Waals surface area contributed by atoms with Crippen molar-refractivity contribution >= 4 is 27.5 Å². The average molecular weight is 382 g/mol. The Kier molecular flexibility index (Phi) is 5.03. The van der Waals surface area contributed by atoms with Crippen LogP contribution in [0.5, 0.6) is 0 Å². The molecule has 1 atom stereocenters. The van der Waals surface area contributed by atoms with Crippen molar-refractivity contribution in [2.45, 2.75) is 51.5 Å². The minimum Gasteiger partial charge on any atom is -0.348 e. The molecular formula is C20H22N4O2S. The van der Waals surface area contributed by atoms with Gasteiger partial charge in [0.15, 0.2) is 0 Å².